The Morgan fingerprint density at radius 2 is 2.18 bits per heavy atom. The normalized spacial score (nSPS) is 14.8. The van der Waals surface area contributed by atoms with E-state index in [4.69, 9.17) is 10.1 Å². The second-order valence-electron chi connectivity index (χ2n) is 3.74. The first kappa shape index (κ1) is 13.5. The van der Waals surface area contributed by atoms with Crippen LogP contribution in [0.25, 0.3) is 0 Å². The molecule has 94 valence electrons. The number of hydrogen-bond donors (Lipinski definition) is 1. The Balaban J connectivity index is 0.000000686. The summed E-state index contributed by atoms with van der Waals surface area (Å²) in [6.07, 6.45) is 2.85. The molecule has 0 aliphatic carbocycles. The van der Waals surface area contributed by atoms with Gasteiger partial charge in [-0.1, -0.05) is 19.9 Å². The number of aromatic nitrogens is 1. The predicted molar refractivity (Wildman–Crippen MR) is 69.0 cm³/mol. The van der Waals surface area contributed by atoms with E-state index in [-0.39, 0.29) is 6.02 Å². The third-order valence-corrected chi connectivity index (χ3v) is 2.44. The van der Waals surface area contributed by atoms with Crippen LogP contribution in [0, 0.1) is 12.3 Å². The summed E-state index contributed by atoms with van der Waals surface area (Å²) in [6.45, 7) is 8.25. The minimum atomic E-state index is 0.279. The number of amidine groups is 1. The van der Waals surface area contributed by atoms with E-state index in [0.29, 0.717) is 13.2 Å². The molecular weight excluding hydrogens is 214 g/mol. The van der Waals surface area contributed by atoms with Crippen molar-refractivity contribution < 1.29 is 4.74 Å². The predicted octanol–water partition coefficient (Wildman–Crippen LogP) is 2.57. The zero-order chi connectivity index (χ0) is 12.7. The van der Waals surface area contributed by atoms with Gasteiger partial charge in [0, 0.05) is 25.0 Å². The SMILES string of the molecule is CC.Cc1ccc(CN2CCCOC2=N)cn1. The molecule has 4 heteroatoms. The minimum absolute atomic E-state index is 0.279. The Hall–Kier alpha value is -1.58. The number of pyridine rings is 1. The zero-order valence-corrected chi connectivity index (χ0v) is 10.9. The van der Waals surface area contributed by atoms with Gasteiger partial charge in [-0.15, -0.1) is 0 Å². The molecule has 17 heavy (non-hydrogen) atoms. The molecule has 0 amide bonds. The van der Waals surface area contributed by atoms with Crippen LogP contribution in [0.2, 0.25) is 0 Å². The molecular formula is C13H21N3O. The van der Waals surface area contributed by atoms with Crippen LogP contribution >= 0.6 is 0 Å². The van der Waals surface area contributed by atoms with Crippen molar-refractivity contribution in [2.75, 3.05) is 13.2 Å². The van der Waals surface area contributed by atoms with E-state index in [1.807, 2.05) is 44.0 Å². The third-order valence-electron chi connectivity index (χ3n) is 2.44. The molecule has 0 saturated carbocycles. The van der Waals surface area contributed by atoms with Crippen LogP contribution in [0.5, 0.6) is 0 Å². The Labute approximate surface area is 103 Å². The van der Waals surface area contributed by atoms with Gasteiger partial charge in [0.05, 0.1) is 6.61 Å². The van der Waals surface area contributed by atoms with Crippen molar-refractivity contribution in [3.05, 3.63) is 29.6 Å². The van der Waals surface area contributed by atoms with Crippen molar-refractivity contribution in [2.24, 2.45) is 0 Å². The first-order valence-corrected chi connectivity index (χ1v) is 6.13. The van der Waals surface area contributed by atoms with Crippen molar-refractivity contribution in [3.63, 3.8) is 0 Å². The third kappa shape index (κ3) is 4.06. The zero-order valence-electron chi connectivity index (χ0n) is 10.9. The molecule has 0 aromatic carbocycles. The molecule has 1 fully saturated rings. The second kappa shape index (κ2) is 6.89. The summed E-state index contributed by atoms with van der Waals surface area (Å²) in [7, 11) is 0. The van der Waals surface area contributed by atoms with Crippen molar-refractivity contribution in [2.45, 2.75) is 33.7 Å². The monoisotopic (exact) mass is 235 g/mol. The van der Waals surface area contributed by atoms with E-state index in [9.17, 15) is 0 Å². The molecule has 0 spiro atoms. The molecule has 1 aliphatic rings. The molecule has 1 aliphatic heterocycles. The highest BCUT2D eigenvalue weighted by Gasteiger charge is 2.16. The van der Waals surface area contributed by atoms with Gasteiger partial charge in [0.25, 0.3) is 6.02 Å². The fraction of sp³-hybridized carbons (Fsp3) is 0.538. The van der Waals surface area contributed by atoms with Crippen molar-refractivity contribution in [1.29, 1.82) is 5.41 Å². The Bertz CT molecular complexity index is 348. The second-order valence-corrected chi connectivity index (χ2v) is 3.74. The Morgan fingerprint density at radius 1 is 1.41 bits per heavy atom. The maximum absolute atomic E-state index is 7.62. The summed E-state index contributed by atoms with van der Waals surface area (Å²) in [5.74, 6) is 0. The Morgan fingerprint density at radius 3 is 2.76 bits per heavy atom. The summed E-state index contributed by atoms with van der Waals surface area (Å²) in [5, 5.41) is 7.62. The lowest BCUT2D eigenvalue weighted by Gasteiger charge is -2.28. The fourth-order valence-electron chi connectivity index (χ4n) is 1.58. The van der Waals surface area contributed by atoms with Crippen LogP contribution in [-0.2, 0) is 11.3 Å². The van der Waals surface area contributed by atoms with Crippen LogP contribution < -0.4 is 0 Å². The number of nitrogens with one attached hydrogen (secondary N) is 1. The van der Waals surface area contributed by atoms with Crippen molar-refractivity contribution in [1.82, 2.24) is 9.88 Å². The highest BCUT2D eigenvalue weighted by molar-refractivity contribution is 5.70. The molecule has 1 aromatic rings. The molecule has 1 N–H and O–H groups in total. The van der Waals surface area contributed by atoms with Crippen LogP contribution in [0.4, 0.5) is 0 Å². The van der Waals surface area contributed by atoms with Gasteiger partial charge in [0.15, 0.2) is 0 Å². The highest BCUT2D eigenvalue weighted by atomic mass is 16.5. The van der Waals surface area contributed by atoms with Gasteiger partial charge < -0.3 is 9.64 Å². The molecule has 2 heterocycles. The van der Waals surface area contributed by atoms with Gasteiger partial charge >= 0.3 is 0 Å². The number of hydrogen-bond acceptors (Lipinski definition) is 3. The standard InChI is InChI=1S/C11H15N3O.C2H6/c1-9-3-4-10(7-13-9)8-14-5-2-6-15-11(14)12;1-2/h3-4,7,12H,2,5-6,8H2,1H3;1-2H3. The smallest absolute Gasteiger partial charge is 0.284 e. The maximum atomic E-state index is 7.62. The molecule has 2 rings (SSSR count). The molecule has 0 unspecified atom stereocenters. The van der Waals surface area contributed by atoms with Crippen molar-refractivity contribution >= 4 is 6.02 Å². The van der Waals surface area contributed by atoms with Gasteiger partial charge in [-0.25, -0.2) is 0 Å². The van der Waals surface area contributed by atoms with Crippen LogP contribution in [-0.4, -0.2) is 29.1 Å². The van der Waals surface area contributed by atoms with E-state index in [0.717, 1.165) is 24.2 Å². The maximum Gasteiger partial charge on any atom is 0.284 e. The number of nitrogens with zero attached hydrogens (tertiary/aromatic N) is 2. The van der Waals surface area contributed by atoms with Gasteiger partial charge in [0.2, 0.25) is 0 Å². The lowest BCUT2D eigenvalue weighted by Crippen LogP contribution is -2.37. The van der Waals surface area contributed by atoms with Crippen molar-refractivity contribution in [3.8, 4) is 0 Å². The number of aryl methyl sites for hydroxylation is 1. The van der Waals surface area contributed by atoms with Gasteiger partial charge in [-0.05, 0) is 25.0 Å². The van der Waals surface area contributed by atoms with Crippen LogP contribution in [0.3, 0.4) is 0 Å². The first-order valence-electron chi connectivity index (χ1n) is 6.13. The van der Waals surface area contributed by atoms with Gasteiger partial charge in [-0.3, -0.25) is 10.4 Å². The topological polar surface area (TPSA) is 49.2 Å². The van der Waals surface area contributed by atoms with E-state index in [2.05, 4.69) is 4.98 Å². The molecule has 4 nitrogen and oxygen atoms in total. The first-order chi connectivity index (χ1) is 8.25. The molecule has 0 radical (unpaired) electrons. The fourth-order valence-corrected chi connectivity index (χ4v) is 1.58. The van der Waals surface area contributed by atoms with Gasteiger partial charge in [0.1, 0.15) is 0 Å². The largest absolute Gasteiger partial charge is 0.465 e. The van der Waals surface area contributed by atoms with Crippen LogP contribution in [0.1, 0.15) is 31.5 Å². The molecule has 1 saturated heterocycles. The van der Waals surface area contributed by atoms with E-state index >= 15 is 0 Å². The minimum Gasteiger partial charge on any atom is -0.465 e. The summed E-state index contributed by atoms with van der Waals surface area (Å²) >= 11 is 0. The quantitative estimate of drug-likeness (QED) is 0.857. The highest BCUT2D eigenvalue weighted by Crippen LogP contribution is 2.09. The summed E-state index contributed by atoms with van der Waals surface area (Å²) in [4.78, 5) is 6.16. The lowest BCUT2D eigenvalue weighted by atomic mass is 10.2. The molecule has 1 aromatic heterocycles. The number of rotatable bonds is 2. The average molecular weight is 235 g/mol. The van der Waals surface area contributed by atoms with E-state index in [1.54, 1.807) is 0 Å². The summed E-state index contributed by atoms with van der Waals surface area (Å²) < 4.78 is 5.18. The lowest BCUT2D eigenvalue weighted by molar-refractivity contribution is 0.167. The molecule has 0 bridgehead atoms. The average Bonchev–Trinajstić information content (AvgIpc) is 2.37. The Kier molecular flexibility index (Phi) is 5.46. The van der Waals surface area contributed by atoms with Gasteiger partial charge in [-0.2, -0.15) is 0 Å². The van der Waals surface area contributed by atoms with Crippen LogP contribution in [0.15, 0.2) is 18.3 Å². The number of ether oxygens (including phenoxy) is 1. The summed E-state index contributed by atoms with van der Waals surface area (Å²) in [5.41, 5.74) is 2.14. The molecule has 0 atom stereocenters. The summed E-state index contributed by atoms with van der Waals surface area (Å²) in [6, 6.07) is 4.32. The van der Waals surface area contributed by atoms with E-state index in [1.165, 1.54) is 0 Å². The van der Waals surface area contributed by atoms with E-state index < -0.39 is 0 Å².